The molecular weight excluding hydrogens is 314 g/mol. The van der Waals surface area contributed by atoms with Gasteiger partial charge in [-0.15, -0.1) is 0 Å². The van der Waals surface area contributed by atoms with Gasteiger partial charge in [0.2, 0.25) is 5.78 Å². The van der Waals surface area contributed by atoms with Gasteiger partial charge in [0.05, 0.1) is 0 Å². The van der Waals surface area contributed by atoms with Gasteiger partial charge in [-0.1, -0.05) is 11.6 Å². The normalized spacial score (nSPS) is 10.5. The molecule has 0 spiro atoms. The lowest BCUT2D eigenvalue weighted by Gasteiger charge is -2.12. The summed E-state index contributed by atoms with van der Waals surface area (Å²) in [7, 11) is 0. The van der Waals surface area contributed by atoms with E-state index in [1.165, 1.54) is 17.2 Å². The van der Waals surface area contributed by atoms with Gasteiger partial charge in [0.15, 0.2) is 6.61 Å². The molecule has 2 rings (SSSR count). The Morgan fingerprint density at radius 1 is 1.04 bits per heavy atom. The molecule has 1 aromatic heterocycles. The van der Waals surface area contributed by atoms with E-state index in [0.717, 1.165) is 22.6 Å². The van der Waals surface area contributed by atoms with E-state index in [1.807, 2.05) is 26.0 Å². The standard InChI is InChI=1S/C21H25NO3/c1-13(2)9-21(24)25-12-20(23)19-11-16(5)22(17(19)6)18-8-7-14(3)15(4)10-18/h7-11H,12H2,1-6H3. The third kappa shape index (κ3) is 4.27. The molecule has 0 unspecified atom stereocenters. The molecule has 0 radical (unpaired) electrons. The lowest BCUT2D eigenvalue weighted by atomic mass is 10.1. The molecule has 0 bridgehead atoms. The van der Waals surface area contributed by atoms with Gasteiger partial charge in [0.1, 0.15) is 0 Å². The second-order valence-electron chi connectivity index (χ2n) is 6.64. The second-order valence-corrected chi connectivity index (χ2v) is 6.64. The average molecular weight is 339 g/mol. The van der Waals surface area contributed by atoms with Crippen molar-refractivity contribution in [2.45, 2.75) is 41.5 Å². The van der Waals surface area contributed by atoms with E-state index in [-0.39, 0.29) is 12.4 Å². The monoisotopic (exact) mass is 339 g/mol. The Hall–Kier alpha value is -2.62. The highest BCUT2D eigenvalue weighted by atomic mass is 16.5. The number of hydrogen-bond acceptors (Lipinski definition) is 3. The highest BCUT2D eigenvalue weighted by molar-refractivity contribution is 6.00. The zero-order valence-electron chi connectivity index (χ0n) is 15.8. The number of carbonyl (C=O) groups is 2. The summed E-state index contributed by atoms with van der Waals surface area (Å²) in [5, 5.41) is 0. The molecule has 0 saturated carbocycles. The number of carbonyl (C=O) groups excluding carboxylic acids is 2. The number of nitrogens with zero attached hydrogens (tertiary/aromatic N) is 1. The van der Waals surface area contributed by atoms with Gasteiger partial charge in [-0.2, -0.15) is 0 Å². The minimum absolute atomic E-state index is 0.196. The predicted octanol–water partition coefficient (Wildman–Crippen LogP) is 4.40. The number of rotatable bonds is 5. The quantitative estimate of drug-likeness (QED) is 0.461. The van der Waals surface area contributed by atoms with Crippen LogP contribution < -0.4 is 0 Å². The lowest BCUT2D eigenvalue weighted by Crippen LogP contribution is -2.13. The average Bonchev–Trinajstić information content (AvgIpc) is 2.82. The van der Waals surface area contributed by atoms with Crippen molar-refractivity contribution in [2.75, 3.05) is 6.61 Å². The third-order valence-corrected chi connectivity index (χ3v) is 4.23. The first-order chi connectivity index (χ1) is 11.7. The van der Waals surface area contributed by atoms with Crippen LogP contribution in [0.5, 0.6) is 0 Å². The summed E-state index contributed by atoms with van der Waals surface area (Å²) < 4.78 is 7.09. The molecule has 4 nitrogen and oxygen atoms in total. The molecular formula is C21H25NO3. The van der Waals surface area contributed by atoms with E-state index in [4.69, 9.17) is 4.74 Å². The second kappa shape index (κ2) is 7.51. The Morgan fingerprint density at radius 2 is 1.72 bits per heavy atom. The van der Waals surface area contributed by atoms with E-state index in [1.54, 1.807) is 13.8 Å². The van der Waals surface area contributed by atoms with Gasteiger partial charge in [-0.3, -0.25) is 4.79 Å². The van der Waals surface area contributed by atoms with Crippen LogP contribution in [0.25, 0.3) is 5.69 Å². The van der Waals surface area contributed by atoms with Crippen molar-refractivity contribution in [1.29, 1.82) is 0 Å². The largest absolute Gasteiger partial charge is 0.454 e. The smallest absolute Gasteiger partial charge is 0.331 e. The molecule has 0 aliphatic carbocycles. The maximum absolute atomic E-state index is 12.5. The molecule has 0 saturated heterocycles. The van der Waals surface area contributed by atoms with E-state index >= 15 is 0 Å². The number of Topliss-reactive ketones (excluding diaryl/α,β-unsaturated/α-hetero) is 1. The Balaban J connectivity index is 2.26. The van der Waals surface area contributed by atoms with Gasteiger partial charge >= 0.3 is 5.97 Å². The number of benzene rings is 1. The summed E-state index contributed by atoms with van der Waals surface area (Å²) in [4.78, 5) is 24.0. The molecule has 0 fully saturated rings. The molecule has 132 valence electrons. The van der Waals surface area contributed by atoms with E-state index in [9.17, 15) is 9.59 Å². The predicted molar refractivity (Wildman–Crippen MR) is 99.4 cm³/mol. The molecule has 0 amide bonds. The summed E-state index contributed by atoms with van der Waals surface area (Å²) in [6.07, 6.45) is 1.38. The summed E-state index contributed by atoms with van der Waals surface area (Å²) in [6.45, 7) is 11.4. The number of aryl methyl sites for hydroxylation is 3. The summed E-state index contributed by atoms with van der Waals surface area (Å²) in [5.41, 5.74) is 6.70. The third-order valence-electron chi connectivity index (χ3n) is 4.23. The van der Waals surface area contributed by atoms with Crippen molar-refractivity contribution in [1.82, 2.24) is 4.57 Å². The Kier molecular flexibility index (Phi) is 5.62. The Morgan fingerprint density at radius 3 is 2.32 bits per heavy atom. The van der Waals surface area contributed by atoms with Crippen molar-refractivity contribution in [3.05, 3.63) is 64.0 Å². The van der Waals surface area contributed by atoms with Crippen LogP contribution >= 0.6 is 0 Å². The molecule has 2 aromatic rings. The SMILES string of the molecule is CC(C)=CC(=O)OCC(=O)c1cc(C)n(-c2ccc(C)c(C)c2)c1C. The minimum Gasteiger partial charge on any atom is -0.454 e. The summed E-state index contributed by atoms with van der Waals surface area (Å²) in [6, 6.07) is 8.08. The fourth-order valence-electron chi connectivity index (χ4n) is 2.80. The zero-order valence-corrected chi connectivity index (χ0v) is 15.8. The van der Waals surface area contributed by atoms with Crippen molar-refractivity contribution >= 4 is 11.8 Å². The van der Waals surface area contributed by atoms with Gasteiger partial charge in [-0.05, 0) is 70.9 Å². The van der Waals surface area contributed by atoms with Crippen LogP contribution in [0.15, 0.2) is 35.9 Å². The minimum atomic E-state index is -0.490. The fraction of sp³-hybridized carbons (Fsp3) is 0.333. The number of aromatic nitrogens is 1. The topological polar surface area (TPSA) is 48.3 Å². The summed E-state index contributed by atoms with van der Waals surface area (Å²) in [5.74, 6) is -0.685. The first-order valence-corrected chi connectivity index (χ1v) is 8.32. The summed E-state index contributed by atoms with van der Waals surface area (Å²) >= 11 is 0. The number of esters is 1. The maximum atomic E-state index is 12.5. The van der Waals surface area contributed by atoms with Crippen LogP contribution in [0.4, 0.5) is 0 Å². The van der Waals surface area contributed by atoms with Gasteiger partial charge in [-0.25, -0.2) is 4.79 Å². The lowest BCUT2D eigenvalue weighted by molar-refractivity contribution is -0.136. The van der Waals surface area contributed by atoms with Crippen LogP contribution in [0.2, 0.25) is 0 Å². The fourth-order valence-corrected chi connectivity index (χ4v) is 2.80. The molecule has 0 atom stereocenters. The Bertz CT molecular complexity index is 852. The molecule has 0 aliphatic heterocycles. The van der Waals surface area contributed by atoms with Crippen LogP contribution in [-0.4, -0.2) is 22.9 Å². The van der Waals surface area contributed by atoms with E-state index in [2.05, 4.69) is 30.5 Å². The number of allylic oxidation sites excluding steroid dienone is 1. The van der Waals surface area contributed by atoms with Crippen LogP contribution in [0, 0.1) is 27.7 Å². The van der Waals surface area contributed by atoms with Gasteiger partial charge in [0.25, 0.3) is 0 Å². The van der Waals surface area contributed by atoms with E-state index in [0.29, 0.717) is 5.56 Å². The molecule has 25 heavy (non-hydrogen) atoms. The molecule has 0 aliphatic rings. The number of ether oxygens (including phenoxy) is 1. The van der Waals surface area contributed by atoms with Crippen LogP contribution in [0.3, 0.4) is 0 Å². The molecule has 4 heteroatoms. The van der Waals surface area contributed by atoms with Crippen LogP contribution in [0.1, 0.15) is 46.7 Å². The zero-order chi connectivity index (χ0) is 18.7. The first-order valence-electron chi connectivity index (χ1n) is 8.32. The highest BCUT2D eigenvalue weighted by Gasteiger charge is 2.18. The first kappa shape index (κ1) is 18.7. The number of ketones is 1. The van der Waals surface area contributed by atoms with Crippen molar-refractivity contribution in [3.8, 4) is 5.69 Å². The van der Waals surface area contributed by atoms with Gasteiger partial charge in [0, 0.05) is 28.7 Å². The molecule has 1 heterocycles. The van der Waals surface area contributed by atoms with E-state index < -0.39 is 5.97 Å². The number of hydrogen-bond donors (Lipinski definition) is 0. The van der Waals surface area contributed by atoms with Crippen molar-refractivity contribution in [3.63, 3.8) is 0 Å². The van der Waals surface area contributed by atoms with Crippen LogP contribution in [-0.2, 0) is 9.53 Å². The maximum Gasteiger partial charge on any atom is 0.331 e. The molecule has 0 N–H and O–H groups in total. The Labute approximate surface area is 149 Å². The highest BCUT2D eigenvalue weighted by Crippen LogP contribution is 2.23. The van der Waals surface area contributed by atoms with Gasteiger partial charge < -0.3 is 9.30 Å². The van der Waals surface area contributed by atoms with Crippen molar-refractivity contribution in [2.24, 2.45) is 0 Å². The molecule has 1 aromatic carbocycles. The van der Waals surface area contributed by atoms with Crippen molar-refractivity contribution < 1.29 is 14.3 Å².